The van der Waals surface area contributed by atoms with Crippen molar-refractivity contribution < 1.29 is 9.53 Å². The number of piperidine rings is 1. The van der Waals surface area contributed by atoms with E-state index in [1.807, 2.05) is 13.8 Å². The molecule has 94 valence electrons. The predicted molar refractivity (Wildman–Crippen MR) is 64.1 cm³/mol. The van der Waals surface area contributed by atoms with Crippen molar-refractivity contribution >= 4 is 5.97 Å². The van der Waals surface area contributed by atoms with Crippen molar-refractivity contribution in [2.24, 2.45) is 5.73 Å². The molecule has 4 heteroatoms. The second-order valence-electron chi connectivity index (χ2n) is 4.93. The number of esters is 1. The molecule has 1 atom stereocenters. The molecular weight excluding hydrogens is 204 g/mol. The number of likely N-dealkylation sites (tertiary alicyclic amines) is 1. The molecule has 0 spiro atoms. The molecule has 1 heterocycles. The normalized spacial score (nSPS) is 20.5. The van der Waals surface area contributed by atoms with E-state index in [1.54, 1.807) is 6.92 Å². The third-order valence-electron chi connectivity index (χ3n) is 3.47. The van der Waals surface area contributed by atoms with Crippen LogP contribution in [0.1, 0.15) is 40.0 Å². The SMILES string of the molecule is CCOC(=O)[C@H](N)C(C)(C)N1CCCCC1. The topological polar surface area (TPSA) is 55.6 Å². The molecule has 0 bridgehead atoms. The first-order valence-corrected chi connectivity index (χ1v) is 6.17. The van der Waals surface area contributed by atoms with E-state index in [0.29, 0.717) is 6.61 Å². The number of ether oxygens (including phenoxy) is 1. The van der Waals surface area contributed by atoms with Gasteiger partial charge in [-0.1, -0.05) is 6.42 Å². The van der Waals surface area contributed by atoms with Crippen LogP contribution in [0, 0.1) is 0 Å². The highest BCUT2D eigenvalue weighted by Crippen LogP contribution is 2.23. The highest BCUT2D eigenvalue weighted by molar-refractivity contribution is 5.77. The van der Waals surface area contributed by atoms with Crippen LogP contribution in [0.2, 0.25) is 0 Å². The highest BCUT2D eigenvalue weighted by Gasteiger charge is 2.38. The van der Waals surface area contributed by atoms with E-state index >= 15 is 0 Å². The van der Waals surface area contributed by atoms with Crippen LogP contribution in [0.5, 0.6) is 0 Å². The molecular formula is C12H24N2O2. The zero-order valence-corrected chi connectivity index (χ0v) is 10.7. The Bertz CT molecular complexity index is 235. The van der Waals surface area contributed by atoms with Gasteiger partial charge < -0.3 is 10.5 Å². The maximum atomic E-state index is 11.7. The molecule has 0 amide bonds. The molecule has 0 aromatic rings. The molecule has 0 aromatic carbocycles. The lowest BCUT2D eigenvalue weighted by atomic mass is 9.91. The molecule has 0 aliphatic carbocycles. The van der Waals surface area contributed by atoms with Gasteiger partial charge in [-0.05, 0) is 46.7 Å². The number of nitrogens with zero attached hydrogens (tertiary/aromatic N) is 1. The monoisotopic (exact) mass is 228 g/mol. The molecule has 0 saturated carbocycles. The van der Waals surface area contributed by atoms with E-state index in [9.17, 15) is 4.79 Å². The van der Waals surface area contributed by atoms with Gasteiger partial charge in [0, 0.05) is 5.54 Å². The molecule has 2 N–H and O–H groups in total. The number of hydrogen-bond acceptors (Lipinski definition) is 4. The van der Waals surface area contributed by atoms with Crippen molar-refractivity contribution in [2.45, 2.75) is 51.6 Å². The Labute approximate surface area is 98.1 Å². The Morgan fingerprint density at radius 2 is 1.94 bits per heavy atom. The average molecular weight is 228 g/mol. The van der Waals surface area contributed by atoms with E-state index in [-0.39, 0.29) is 11.5 Å². The fraction of sp³-hybridized carbons (Fsp3) is 0.917. The van der Waals surface area contributed by atoms with Gasteiger partial charge in [0.2, 0.25) is 0 Å². The molecule has 0 aromatic heterocycles. The van der Waals surface area contributed by atoms with Crippen LogP contribution in [0.25, 0.3) is 0 Å². The van der Waals surface area contributed by atoms with Crippen LogP contribution < -0.4 is 5.73 Å². The van der Waals surface area contributed by atoms with Crippen LogP contribution >= 0.6 is 0 Å². The Morgan fingerprint density at radius 3 is 2.44 bits per heavy atom. The van der Waals surface area contributed by atoms with Gasteiger partial charge in [0.15, 0.2) is 0 Å². The zero-order valence-electron chi connectivity index (χ0n) is 10.7. The molecule has 0 radical (unpaired) electrons. The third kappa shape index (κ3) is 2.95. The van der Waals surface area contributed by atoms with Crippen LogP contribution in [-0.2, 0) is 9.53 Å². The van der Waals surface area contributed by atoms with E-state index < -0.39 is 6.04 Å². The molecule has 0 unspecified atom stereocenters. The first kappa shape index (κ1) is 13.5. The summed E-state index contributed by atoms with van der Waals surface area (Å²) in [5.41, 5.74) is 5.68. The minimum atomic E-state index is -0.564. The number of rotatable bonds is 4. The van der Waals surface area contributed by atoms with Gasteiger partial charge in [-0.25, -0.2) is 0 Å². The van der Waals surface area contributed by atoms with Crippen molar-refractivity contribution in [3.8, 4) is 0 Å². The van der Waals surface area contributed by atoms with Crippen molar-refractivity contribution in [3.63, 3.8) is 0 Å². The van der Waals surface area contributed by atoms with Gasteiger partial charge in [0.05, 0.1) is 6.61 Å². The second-order valence-corrected chi connectivity index (χ2v) is 4.93. The zero-order chi connectivity index (χ0) is 12.2. The van der Waals surface area contributed by atoms with Crippen LogP contribution in [0.15, 0.2) is 0 Å². The molecule has 1 saturated heterocycles. The summed E-state index contributed by atoms with van der Waals surface area (Å²) in [6.07, 6.45) is 3.67. The summed E-state index contributed by atoms with van der Waals surface area (Å²) in [4.78, 5) is 14.0. The molecule has 1 aliphatic rings. The Morgan fingerprint density at radius 1 is 1.38 bits per heavy atom. The van der Waals surface area contributed by atoms with Gasteiger partial charge in [-0.2, -0.15) is 0 Å². The van der Waals surface area contributed by atoms with Gasteiger partial charge in [-0.15, -0.1) is 0 Å². The number of nitrogens with two attached hydrogens (primary N) is 1. The Kier molecular flexibility index (Phi) is 4.74. The smallest absolute Gasteiger partial charge is 0.324 e. The van der Waals surface area contributed by atoms with Gasteiger partial charge in [-0.3, -0.25) is 9.69 Å². The van der Waals surface area contributed by atoms with Gasteiger partial charge in [0.25, 0.3) is 0 Å². The van der Waals surface area contributed by atoms with Gasteiger partial charge in [0.1, 0.15) is 6.04 Å². The lowest BCUT2D eigenvalue weighted by molar-refractivity contribution is -0.148. The molecule has 16 heavy (non-hydrogen) atoms. The van der Waals surface area contributed by atoms with Crippen molar-refractivity contribution in [1.82, 2.24) is 4.90 Å². The lowest BCUT2D eigenvalue weighted by Crippen LogP contribution is -2.60. The van der Waals surface area contributed by atoms with Crippen LogP contribution in [0.4, 0.5) is 0 Å². The number of hydrogen-bond donors (Lipinski definition) is 1. The molecule has 1 fully saturated rings. The van der Waals surface area contributed by atoms with Crippen molar-refractivity contribution in [3.05, 3.63) is 0 Å². The van der Waals surface area contributed by atoms with E-state index in [1.165, 1.54) is 19.3 Å². The molecule has 1 rings (SSSR count). The first-order valence-electron chi connectivity index (χ1n) is 6.17. The summed E-state index contributed by atoms with van der Waals surface area (Å²) < 4.78 is 4.99. The highest BCUT2D eigenvalue weighted by atomic mass is 16.5. The summed E-state index contributed by atoms with van der Waals surface area (Å²) >= 11 is 0. The Hall–Kier alpha value is -0.610. The minimum Gasteiger partial charge on any atom is -0.465 e. The maximum absolute atomic E-state index is 11.7. The van der Waals surface area contributed by atoms with Crippen LogP contribution in [-0.4, -0.2) is 42.1 Å². The maximum Gasteiger partial charge on any atom is 0.324 e. The van der Waals surface area contributed by atoms with E-state index in [2.05, 4.69) is 4.90 Å². The summed E-state index contributed by atoms with van der Waals surface area (Å²) in [6, 6.07) is -0.564. The fourth-order valence-electron chi connectivity index (χ4n) is 2.19. The summed E-state index contributed by atoms with van der Waals surface area (Å²) in [5.74, 6) is -0.293. The molecule has 1 aliphatic heterocycles. The largest absolute Gasteiger partial charge is 0.465 e. The van der Waals surface area contributed by atoms with Crippen LogP contribution in [0.3, 0.4) is 0 Å². The van der Waals surface area contributed by atoms with E-state index in [4.69, 9.17) is 10.5 Å². The van der Waals surface area contributed by atoms with Gasteiger partial charge >= 0.3 is 5.97 Å². The fourth-order valence-corrected chi connectivity index (χ4v) is 2.19. The molecule has 4 nitrogen and oxygen atoms in total. The quantitative estimate of drug-likeness (QED) is 0.733. The summed E-state index contributed by atoms with van der Waals surface area (Å²) in [5, 5.41) is 0. The number of carbonyl (C=O) groups is 1. The third-order valence-corrected chi connectivity index (χ3v) is 3.47. The lowest BCUT2D eigenvalue weighted by Gasteiger charge is -2.43. The summed E-state index contributed by atoms with van der Waals surface area (Å²) in [7, 11) is 0. The number of carbonyl (C=O) groups excluding carboxylic acids is 1. The van der Waals surface area contributed by atoms with E-state index in [0.717, 1.165) is 13.1 Å². The van der Waals surface area contributed by atoms with Crippen molar-refractivity contribution in [2.75, 3.05) is 19.7 Å². The standard InChI is InChI=1S/C12H24N2O2/c1-4-16-11(15)10(13)12(2,3)14-8-6-5-7-9-14/h10H,4-9,13H2,1-3H3/t10-/m0/s1. The summed E-state index contributed by atoms with van der Waals surface area (Å²) in [6.45, 7) is 8.31. The Balaban J connectivity index is 2.63. The first-order chi connectivity index (χ1) is 7.50. The predicted octanol–water partition coefficient (Wildman–Crippen LogP) is 1.14. The minimum absolute atomic E-state index is 0.293. The average Bonchev–Trinajstić information content (AvgIpc) is 2.29. The second kappa shape index (κ2) is 5.64. The van der Waals surface area contributed by atoms with Crippen molar-refractivity contribution in [1.29, 1.82) is 0 Å².